The Bertz CT molecular complexity index is 585. The predicted molar refractivity (Wildman–Crippen MR) is 81.5 cm³/mol. The molecule has 3 nitrogen and oxygen atoms in total. The summed E-state index contributed by atoms with van der Waals surface area (Å²) in [7, 11) is 1.64. The van der Waals surface area contributed by atoms with E-state index in [0.717, 1.165) is 17.9 Å². The summed E-state index contributed by atoms with van der Waals surface area (Å²) < 4.78 is 5.18. The topological polar surface area (TPSA) is 41.5 Å². The molecule has 106 valence electrons. The van der Waals surface area contributed by atoms with E-state index in [1.165, 1.54) is 29.7 Å². The summed E-state index contributed by atoms with van der Waals surface area (Å²) in [6.07, 6.45) is 3.80. The van der Waals surface area contributed by atoms with Crippen molar-refractivity contribution in [2.45, 2.75) is 32.4 Å². The normalized spacial score (nSPS) is 13.4. The summed E-state index contributed by atoms with van der Waals surface area (Å²) in [5.41, 5.74) is 2.41. The SMILES string of the molecule is COc1ccc(O)c(CNCc2cc3c(s2)CCC3)c1. The largest absolute Gasteiger partial charge is 0.508 e. The van der Waals surface area contributed by atoms with Gasteiger partial charge in [0, 0.05) is 28.4 Å². The van der Waals surface area contributed by atoms with Crippen LogP contribution in [0.25, 0.3) is 0 Å². The Hall–Kier alpha value is -1.52. The van der Waals surface area contributed by atoms with Crippen LogP contribution in [0.3, 0.4) is 0 Å². The number of ether oxygens (including phenoxy) is 1. The van der Waals surface area contributed by atoms with Crippen molar-refractivity contribution in [3.8, 4) is 11.5 Å². The number of aromatic hydroxyl groups is 1. The maximum atomic E-state index is 9.83. The van der Waals surface area contributed by atoms with Crippen molar-refractivity contribution in [2.75, 3.05) is 7.11 Å². The summed E-state index contributed by atoms with van der Waals surface area (Å²) >= 11 is 1.92. The van der Waals surface area contributed by atoms with Crippen molar-refractivity contribution in [1.29, 1.82) is 0 Å². The van der Waals surface area contributed by atoms with Crippen molar-refractivity contribution in [3.05, 3.63) is 45.1 Å². The number of benzene rings is 1. The summed E-state index contributed by atoms with van der Waals surface area (Å²) in [6, 6.07) is 7.64. The number of methoxy groups -OCH3 is 1. The monoisotopic (exact) mass is 289 g/mol. The van der Waals surface area contributed by atoms with E-state index in [9.17, 15) is 5.11 Å². The molecule has 0 spiro atoms. The van der Waals surface area contributed by atoms with E-state index in [0.29, 0.717) is 12.3 Å². The predicted octanol–water partition coefficient (Wildman–Crippen LogP) is 3.24. The summed E-state index contributed by atoms with van der Waals surface area (Å²) in [5, 5.41) is 13.2. The van der Waals surface area contributed by atoms with Crippen molar-refractivity contribution < 1.29 is 9.84 Å². The second-order valence-electron chi connectivity index (χ2n) is 5.11. The lowest BCUT2D eigenvalue weighted by atomic mass is 10.2. The molecule has 0 radical (unpaired) electrons. The third-order valence-corrected chi connectivity index (χ3v) is 4.94. The Morgan fingerprint density at radius 3 is 2.95 bits per heavy atom. The molecule has 0 atom stereocenters. The molecule has 0 aliphatic heterocycles. The van der Waals surface area contributed by atoms with E-state index in [1.54, 1.807) is 24.1 Å². The van der Waals surface area contributed by atoms with Crippen molar-refractivity contribution in [2.24, 2.45) is 0 Å². The van der Waals surface area contributed by atoms with Crippen LogP contribution >= 0.6 is 11.3 Å². The van der Waals surface area contributed by atoms with Gasteiger partial charge in [0.25, 0.3) is 0 Å². The average molecular weight is 289 g/mol. The van der Waals surface area contributed by atoms with Crippen LogP contribution in [-0.2, 0) is 25.9 Å². The molecule has 0 amide bonds. The molecule has 1 aromatic heterocycles. The number of hydrogen-bond donors (Lipinski definition) is 2. The van der Waals surface area contributed by atoms with Crippen LogP contribution in [0, 0.1) is 0 Å². The van der Waals surface area contributed by atoms with E-state index >= 15 is 0 Å². The zero-order valence-electron chi connectivity index (χ0n) is 11.6. The third kappa shape index (κ3) is 2.81. The van der Waals surface area contributed by atoms with Crippen molar-refractivity contribution in [1.82, 2.24) is 5.32 Å². The van der Waals surface area contributed by atoms with Crippen LogP contribution in [0.2, 0.25) is 0 Å². The molecular formula is C16H19NO2S. The molecule has 0 saturated carbocycles. The quantitative estimate of drug-likeness (QED) is 0.888. The van der Waals surface area contributed by atoms with Crippen LogP contribution < -0.4 is 10.1 Å². The molecule has 2 N–H and O–H groups in total. The van der Waals surface area contributed by atoms with Gasteiger partial charge >= 0.3 is 0 Å². The first-order chi connectivity index (χ1) is 9.76. The van der Waals surface area contributed by atoms with E-state index in [2.05, 4.69) is 11.4 Å². The van der Waals surface area contributed by atoms with Gasteiger partial charge in [-0.25, -0.2) is 0 Å². The Morgan fingerprint density at radius 1 is 1.25 bits per heavy atom. The van der Waals surface area contributed by atoms with Crippen LogP contribution in [0.15, 0.2) is 24.3 Å². The highest BCUT2D eigenvalue weighted by Gasteiger charge is 2.14. The van der Waals surface area contributed by atoms with Gasteiger partial charge in [-0.2, -0.15) is 0 Å². The third-order valence-electron chi connectivity index (χ3n) is 3.70. The number of aryl methyl sites for hydroxylation is 2. The molecule has 0 fully saturated rings. The maximum absolute atomic E-state index is 9.83. The minimum Gasteiger partial charge on any atom is -0.508 e. The summed E-state index contributed by atoms with van der Waals surface area (Å²) in [5.74, 6) is 1.08. The number of phenols is 1. The fourth-order valence-electron chi connectivity index (χ4n) is 2.63. The van der Waals surface area contributed by atoms with Gasteiger partial charge in [-0.1, -0.05) is 0 Å². The van der Waals surface area contributed by atoms with Gasteiger partial charge in [-0.3, -0.25) is 0 Å². The molecule has 20 heavy (non-hydrogen) atoms. The molecule has 1 heterocycles. The van der Waals surface area contributed by atoms with E-state index in [1.807, 2.05) is 17.4 Å². The lowest BCUT2D eigenvalue weighted by molar-refractivity contribution is 0.410. The van der Waals surface area contributed by atoms with Crippen LogP contribution in [0.5, 0.6) is 11.5 Å². The van der Waals surface area contributed by atoms with Gasteiger partial charge in [0.15, 0.2) is 0 Å². The highest BCUT2D eigenvalue weighted by molar-refractivity contribution is 7.12. The second kappa shape index (κ2) is 5.85. The van der Waals surface area contributed by atoms with Gasteiger partial charge in [-0.05, 0) is 49.1 Å². The van der Waals surface area contributed by atoms with Gasteiger partial charge in [0.2, 0.25) is 0 Å². The van der Waals surface area contributed by atoms with E-state index in [4.69, 9.17) is 4.74 Å². The van der Waals surface area contributed by atoms with Gasteiger partial charge in [0.05, 0.1) is 7.11 Å². The van der Waals surface area contributed by atoms with E-state index < -0.39 is 0 Å². The number of hydrogen-bond acceptors (Lipinski definition) is 4. The zero-order valence-corrected chi connectivity index (χ0v) is 12.4. The summed E-state index contributed by atoms with van der Waals surface area (Å²) in [6.45, 7) is 1.50. The molecule has 3 rings (SSSR count). The number of thiophene rings is 1. The Morgan fingerprint density at radius 2 is 2.15 bits per heavy atom. The molecule has 0 saturated heterocycles. The van der Waals surface area contributed by atoms with Crippen molar-refractivity contribution in [3.63, 3.8) is 0 Å². The Labute approximate surface area is 123 Å². The van der Waals surface area contributed by atoms with Gasteiger partial charge < -0.3 is 15.2 Å². The highest BCUT2D eigenvalue weighted by Crippen LogP contribution is 2.30. The fraction of sp³-hybridized carbons (Fsp3) is 0.375. The molecular weight excluding hydrogens is 270 g/mol. The number of fused-ring (bicyclic) bond motifs is 1. The Kier molecular flexibility index (Phi) is 3.94. The maximum Gasteiger partial charge on any atom is 0.120 e. The first-order valence-electron chi connectivity index (χ1n) is 6.93. The van der Waals surface area contributed by atoms with Gasteiger partial charge in [0.1, 0.15) is 11.5 Å². The lowest BCUT2D eigenvalue weighted by Gasteiger charge is -2.08. The average Bonchev–Trinajstić information content (AvgIpc) is 3.02. The highest BCUT2D eigenvalue weighted by atomic mass is 32.1. The smallest absolute Gasteiger partial charge is 0.120 e. The molecule has 2 aromatic rings. The molecule has 1 aliphatic rings. The molecule has 0 bridgehead atoms. The number of nitrogens with one attached hydrogen (secondary N) is 1. The van der Waals surface area contributed by atoms with Gasteiger partial charge in [-0.15, -0.1) is 11.3 Å². The fourth-order valence-corrected chi connectivity index (χ4v) is 3.86. The summed E-state index contributed by atoms with van der Waals surface area (Å²) in [4.78, 5) is 2.95. The van der Waals surface area contributed by atoms with Crippen LogP contribution in [0.1, 0.15) is 27.3 Å². The molecule has 4 heteroatoms. The zero-order chi connectivity index (χ0) is 13.9. The Balaban J connectivity index is 1.59. The first-order valence-corrected chi connectivity index (χ1v) is 7.75. The standard InChI is InChI=1S/C16H19NO2S/c1-19-13-5-6-15(18)12(7-13)9-17-10-14-8-11-3-2-4-16(11)20-14/h5-8,17-18H,2-4,9-10H2,1H3. The van der Waals surface area contributed by atoms with Crippen LogP contribution in [-0.4, -0.2) is 12.2 Å². The lowest BCUT2D eigenvalue weighted by Crippen LogP contribution is -2.12. The number of rotatable bonds is 5. The molecule has 1 aliphatic carbocycles. The molecule has 0 unspecified atom stereocenters. The minimum atomic E-state index is 0.312. The minimum absolute atomic E-state index is 0.312. The number of phenolic OH excluding ortho intramolecular Hbond substituents is 1. The first kappa shape index (κ1) is 13.5. The van der Waals surface area contributed by atoms with Crippen LogP contribution in [0.4, 0.5) is 0 Å². The molecule has 1 aromatic carbocycles. The van der Waals surface area contributed by atoms with E-state index in [-0.39, 0.29) is 0 Å². The van der Waals surface area contributed by atoms with Crippen molar-refractivity contribution >= 4 is 11.3 Å². The second-order valence-corrected chi connectivity index (χ2v) is 6.33.